The van der Waals surface area contributed by atoms with Crippen LogP contribution in [0, 0.1) is 5.92 Å². The molecule has 0 aromatic heterocycles. The van der Waals surface area contributed by atoms with Gasteiger partial charge in [0.2, 0.25) is 0 Å². The standard InChI is InChI=1S/C20H21Br/c21-14-20(12-6-10-16-9-4-5-11-18(16)20)19-13-17(19)15-7-2-1-3-8-15/h1-5,7-9,11,17,19H,6,10,12-14H2. The number of alkyl halides is 1. The molecule has 3 atom stereocenters. The minimum atomic E-state index is 0.356. The molecule has 2 aliphatic rings. The summed E-state index contributed by atoms with van der Waals surface area (Å²) in [5.74, 6) is 1.57. The lowest BCUT2D eigenvalue weighted by Crippen LogP contribution is -2.35. The summed E-state index contributed by atoms with van der Waals surface area (Å²) in [5, 5.41) is 1.10. The molecule has 0 aliphatic heterocycles. The molecular formula is C20H21Br. The Bertz CT molecular complexity index is 633. The number of halogens is 1. The van der Waals surface area contributed by atoms with Gasteiger partial charge in [0.25, 0.3) is 0 Å². The summed E-state index contributed by atoms with van der Waals surface area (Å²) in [6.07, 6.45) is 5.28. The molecule has 0 saturated heterocycles. The number of rotatable bonds is 3. The SMILES string of the molecule is BrCC1(C2CC2c2ccccc2)CCCc2ccccc21. The van der Waals surface area contributed by atoms with Gasteiger partial charge in [-0.15, -0.1) is 0 Å². The van der Waals surface area contributed by atoms with Gasteiger partial charge in [0, 0.05) is 10.7 Å². The molecule has 4 rings (SSSR count). The third-order valence-electron chi connectivity index (χ3n) is 5.59. The molecule has 0 nitrogen and oxygen atoms in total. The molecule has 21 heavy (non-hydrogen) atoms. The first-order valence-electron chi connectivity index (χ1n) is 8.04. The normalized spacial score (nSPS) is 30.7. The van der Waals surface area contributed by atoms with Crippen LogP contribution in [-0.4, -0.2) is 5.33 Å². The van der Waals surface area contributed by atoms with Crippen molar-refractivity contribution in [1.29, 1.82) is 0 Å². The van der Waals surface area contributed by atoms with Crippen LogP contribution in [0.4, 0.5) is 0 Å². The third kappa shape index (κ3) is 2.17. The van der Waals surface area contributed by atoms with Gasteiger partial charge in [-0.05, 0) is 54.2 Å². The lowest BCUT2D eigenvalue weighted by Gasteiger charge is -2.39. The fourth-order valence-electron chi connectivity index (χ4n) is 4.45. The van der Waals surface area contributed by atoms with E-state index in [1.54, 1.807) is 11.1 Å². The second-order valence-corrected chi connectivity index (χ2v) is 7.22. The van der Waals surface area contributed by atoms with E-state index in [1.165, 1.54) is 31.2 Å². The minimum absolute atomic E-state index is 0.356. The molecule has 0 spiro atoms. The fraction of sp³-hybridized carbons (Fsp3) is 0.400. The van der Waals surface area contributed by atoms with Crippen molar-refractivity contribution in [2.75, 3.05) is 5.33 Å². The van der Waals surface area contributed by atoms with Crippen LogP contribution in [0.15, 0.2) is 54.6 Å². The highest BCUT2D eigenvalue weighted by Gasteiger charge is 2.54. The van der Waals surface area contributed by atoms with E-state index in [2.05, 4.69) is 70.5 Å². The fourth-order valence-corrected chi connectivity index (χ4v) is 5.45. The molecule has 0 radical (unpaired) electrons. The second-order valence-electron chi connectivity index (χ2n) is 6.66. The van der Waals surface area contributed by atoms with Crippen molar-refractivity contribution in [3.05, 3.63) is 71.3 Å². The maximum Gasteiger partial charge on any atom is 0.0132 e. The number of hydrogen-bond donors (Lipinski definition) is 0. The van der Waals surface area contributed by atoms with E-state index in [0.29, 0.717) is 5.41 Å². The van der Waals surface area contributed by atoms with Gasteiger partial charge in [-0.1, -0.05) is 70.5 Å². The summed E-state index contributed by atoms with van der Waals surface area (Å²) < 4.78 is 0. The smallest absolute Gasteiger partial charge is 0.0132 e. The Hall–Kier alpha value is -1.08. The summed E-state index contributed by atoms with van der Waals surface area (Å²) in [6.45, 7) is 0. The zero-order valence-corrected chi connectivity index (χ0v) is 13.9. The van der Waals surface area contributed by atoms with E-state index in [-0.39, 0.29) is 0 Å². The van der Waals surface area contributed by atoms with Crippen molar-refractivity contribution >= 4 is 15.9 Å². The zero-order valence-electron chi connectivity index (χ0n) is 12.3. The van der Waals surface area contributed by atoms with Gasteiger partial charge in [0.05, 0.1) is 0 Å². The van der Waals surface area contributed by atoms with E-state index in [4.69, 9.17) is 0 Å². The average Bonchev–Trinajstić information content (AvgIpc) is 3.36. The second kappa shape index (κ2) is 5.28. The molecule has 0 bridgehead atoms. The number of fused-ring (bicyclic) bond motifs is 1. The molecule has 2 aromatic rings. The van der Waals surface area contributed by atoms with Crippen molar-refractivity contribution < 1.29 is 0 Å². The highest BCUT2D eigenvalue weighted by molar-refractivity contribution is 9.09. The molecule has 1 saturated carbocycles. The Morgan fingerprint density at radius 3 is 2.57 bits per heavy atom. The van der Waals surface area contributed by atoms with Gasteiger partial charge in [0.1, 0.15) is 0 Å². The summed E-state index contributed by atoms with van der Waals surface area (Å²) in [5.41, 5.74) is 5.10. The van der Waals surface area contributed by atoms with Gasteiger partial charge < -0.3 is 0 Å². The first-order valence-corrected chi connectivity index (χ1v) is 9.16. The molecule has 2 aromatic carbocycles. The van der Waals surface area contributed by atoms with Gasteiger partial charge in [-0.25, -0.2) is 0 Å². The molecule has 2 aliphatic carbocycles. The lowest BCUT2D eigenvalue weighted by atomic mass is 9.67. The maximum absolute atomic E-state index is 3.88. The summed E-state index contributed by atoms with van der Waals surface area (Å²) in [7, 11) is 0. The number of aryl methyl sites for hydroxylation is 1. The molecule has 0 heterocycles. The van der Waals surface area contributed by atoms with Crippen LogP contribution in [0.1, 0.15) is 41.9 Å². The van der Waals surface area contributed by atoms with E-state index >= 15 is 0 Å². The van der Waals surface area contributed by atoms with Crippen LogP contribution in [-0.2, 0) is 11.8 Å². The number of hydrogen-bond acceptors (Lipinski definition) is 0. The molecule has 108 valence electrons. The molecule has 0 N–H and O–H groups in total. The van der Waals surface area contributed by atoms with Crippen molar-refractivity contribution in [2.45, 2.75) is 37.0 Å². The van der Waals surface area contributed by atoms with Gasteiger partial charge in [0.15, 0.2) is 0 Å². The van der Waals surface area contributed by atoms with Gasteiger partial charge >= 0.3 is 0 Å². The van der Waals surface area contributed by atoms with Crippen LogP contribution in [0.3, 0.4) is 0 Å². The van der Waals surface area contributed by atoms with Crippen LogP contribution in [0.5, 0.6) is 0 Å². The topological polar surface area (TPSA) is 0 Å². The summed E-state index contributed by atoms with van der Waals surface area (Å²) >= 11 is 3.88. The molecule has 3 unspecified atom stereocenters. The summed E-state index contributed by atoms with van der Waals surface area (Å²) in [4.78, 5) is 0. The maximum atomic E-state index is 3.88. The largest absolute Gasteiger partial charge is 0.0918 e. The van der Waals surface area contributed by atoms with Crippen molar-refractivity contribution in [1.82, 2.24) is 0 Å². The zero-order chi connectivity index (χ0) is 14.3. The Kier molecular flexibility index (Phi) is 3.41. The van der Waals surface area contributed by atoms with Crippen molar-refractivity contribution in [3.63, 3.8) is 0 Å². The molecule has 1 fully saturated rings. The predicted octanol–water partition coefficient (Wildman–Crippen LogP) is 5.46. The third-order valence-corrected chi connectivity index (χ3v) is 6.59. The Morgan fingerprint density at radius 2 is 1.76 bits per heavy atom. The molecular weight excluding hydrogens is 320 g/mol. The van der Waals surface area contributed by atoms with Crippen molar-refractivity contribution in [3.8, 4) is 0 Å². The first kappa shape index (κ1) is 13.6. The van der Waals surface area contributed by atoms with Crippen molar-refractivity contribution in [2.24, 2.45) is 5.92 Å². The van der Waals surface area contributed by atoms with Crippen LogP contribution < -0.4 is 0 Å². The highest BCUT2D eigenvalue weighted by Crippen LogP contribution is 2.61. The predicted molar refractivity (Wildman–Crippen MR) is 92.1 cm³/mol. The Labute approximate surface area is 135 Å². The summed E-state index contributed by atoms with van der Waals surface area (Å²) in [6, 6.07) is 20.2. The monoisotopic (exact) mass is 340 g/mol. The number of benzene rings is 2. The highest BCUT2D eigenvalue weighted by atomic mass is 79.9. The van der Waals surface area contributed by atoms with E-state index in [1.807, 2.05) is 0 Å². The Balaban J connectivity index is 1.71. The van der Waals surface area contributed by atoms with Crippen LogP contribution in [0.2, 0.25) is 0 Å². The van der Waals surface area contributed by atoms with Crippen LogP contribution >= 0.6 is 15.9 Å². The lowest BCUT2D eigenvalue weighted by molar-refractivity contribution is 0.349. The first-order chi connectivity index (χ1) is 10.3. The van der Waals surface area contributed by atoms with E-state index in [0.717, 1.165) is 17.2 Å². The van der Waals surface area contributed by atoms with Gasteiger partial charge in [-0.3, -0.25) is 0 Å². The van der Waals surface area contributed by atoms with Crippen LogP contribution in [0.25, 0.3) is 0 Å². The molecule has 0 amide bonds. The molecule has 1 heteroatoms. The van der Waals surface area contributed by atoms with E-state index in [9.17, 15) is 0 Å². The van der Waals surface area contributed by atoms with Gasteiger partial charge in [-0.2, -0.15) is 0 Å². The minimum Gasteiger partial charge on any atom is -0.0918 e. The quantitative estimate of drug-likeness (QED) is 0.651. The Morgan fingerprint density at radius 1 is 1.00 bits per heavy atom. The average molecular weight is 341 g/mol. The van der Waals surface area contributed by atoms with E-state index < -0.39 is 0 Å².